The number of aromatic nitrogens is 1. The lowest BCUT2D eigenvalue weighted by Crippen LogP contribution is -2.05. The molecule has 0 aliphatic heterocycles. The fourth-order valence-electron chi connectivity index (χ4n) is 10.5. The van der Waals surface area contributed by atoms with Gasteiger partial charge in [0.15, 0.2) is 0 Å². The summed E-state index contributed by atoms with van der Waals surface area (Å²) in [6.07, 6.45) is 0. The summed E-state index contributed by atoms with van der Waals surface area (Å²) >= 11 is 0. The smallest absolute Gasteiger partial charge is 0.220 e. The van der Waals surface area contributed by atoms with E-state index < -0.39 is 0 Å². The van der Waals surface area contributed by atoms with Gasteiger partial charge in [-0.2, -0.15) is 10.5 Å². The Morgan fingerprint density at radius 3 is 0.959 bits per heavy atom. The maximum Gasteiger partial charge on any atom is 0.220 e. The molecule has 0 aliphatic carbocycles. The lowest BCUT2D eigenvalue weighted by molar-refractivity contribution is 1.17. The van der Waals surface area contributed by atoms with Gasteiger partial charge in [-0.05, 0) is 126 Å². The number of nitrogens with zero attached hydrogens (tertiary/aromatic N) is 4. The molecular formula is C69H42N4. The van der Waals surface area contributed by atoms with Gasteiger partial charge in [-0.25, -0.2) is 4.85 Å². The van der Waals surface area contributed by atoms with Crippen LogP contribution in [0.5, 0.6) is 0 Å². The van der Waals surface area contributed by atoms with Gasteiger partial charge in [-0.1, -0.05) is 206 Å². The maximum absolute atomic E-state index is 11.8. The van der Waals surface area contributed by atoms with Crippen LogP contribution in [0.25, 0.3) is 121 Å². The summed E-state index contributed by atoms with van der Waals surface area (Å²) < 4.78 is 2.09. The fraction of sp³-hybridized carbons (Fsp3) is 0. The van der Waals surface area contributed by atoms with Crippen LogP contribution in [0.2, 0.25) is 0 Å². The van der Waals surface area contributed by atoms with Crippen LogP contribution in [0.4, 0.5) is 5.69 Å². The maximum atomic E-state index is 11.8. The van der Waals surface area contributed by atoms with E-state index in [9.17, 15) is 17.1 Å². The highest BCUT2D eigenvalue weighted by atomic mass is 15.0. The minimum Gasteiger partial charge on any atom is -0.318 e. The van der Waals surface area contributed by atoms with Gasteiger partial charge in [-0.3, -0.25) is 0 Å². The highest BCUT2D eigenvalue weighted by molar-refractivity contribution is 6.13. The molecular weight excluding hydrogens is 885 g/mol. The van der Waals surface area contributed by atoms with Crippen molar-refractivity contribution in [1.29, 1.82) is 10.5 Å². The second kappa shape index (κ2) is 18.9. The molecule has 0 fully saturated rings. The molecule has 0 atom stereocenters. The Hall–Kier alpha value is -10.3. The molecule has 4 heteroatoms. The minimum absolute atomic E-state index is 0.219. The molecule has 0 bridgehead atoms. The Bertz CT molecular complexity index is 3950. The molecule has 1 aromatic heterocycles. The van der Waals surface area contributed by atoms with Gasteiger partial charge >= 0.3 is 0 Å². The third kappa shape index (κ3) is 8.01. The summed E-state index contributed by atoms with van der Waals surface area (Å²) in [6, 6.07) is 92.4. The van der Waals surface area contributed by atoms with Gasteiger partial charge in [0.2, 0.25) is 5.69 Å². The summed E-state index contributed by atoms with van der Waals surface area (Å²) in [5.41, 5.74) is 17.6. The highest BCUT2D eigenvalue weighted by Crippen LogP contribution is 2.50. The summed E-state index contributed by atoms with van der Waals surface area (Å²) in [6.45, 7) is 9.18. The van der Waals surface area contributed by atoms with Crippen LogP contribution < -0.4 is 0 Å². The molecule has 338 valence electrons. The molecule has 4 nitrogen and oxygen atoms in total. The number of nitriles is 2. The van der Waals surface area contributed by atoms with Crippen molar-refractivity contribution in [2.45, 2.75) is 0 Å². The molecule has 12 aromatic rings. The summed E-state index contributed by atoms with van der Waals surface area (Å²) in [7, 11) is 0. The van der Waals surface area contributed by atoms with Crippen LogP contribution in [0.1, 0.15) is 11.1 Å². The van der Waals surface area contributed by atoms with Crippen molar-refractivity contribution in [3.63, 3.8) is 0 Å². The quantitative estimate of drug-likeness (QED) is 0.135. The number of benzene rings is 11. The van der Waals surface area contributed by atoms with Gasteiger partial charge in [0.25, 0.3) is 0 Å². The second-order valence-corrected chi connectivity index (χ2v) is 18.1. The molecule has 0 spiro atoms. The fourth-order valence-corrected chi connectivity index (χ4v) is 10.5. The third-order valence-corrected chi connectivity index (χ3v) is 13.9. The first kappa shape index (κ1) is 43.9. The first-order chi connectivity index (χ1) is 36.1. The van der Waals surface area contributed by atoms with E-state index in [1.54, 1.807) is 0 Å². The number of hydrogen-bond acceptors (Lipinski definition) is 2. The van der Waals surface area contributed by atoms with Crippen molar-refractivity contribution >= 4 is 27.5 Å². The minimum atomic E-state index is 0.219. The first-order valence-electron chi connectivity index (χ1n) is 24.2. The van der Waals surface area contributed by atoms with E-state index in [1.165, 1.54) is 0 Å². The molecule has 0 saturated heterocycles. The van der Waals surface area contributed by atoms with Gasteiger partial charge in [0.1, 0.15) is 6.07 Å². The third-order valence-electron chi connectivity index (χ3n) is 13.9. The van der Waals surface area contributed by atoms with E-state index in [4.69, 9.17) is 0 Å². The Morgan fingerprint density at radius 1 is 0.301 bits per heavy atom. The second-order valence-electron chi connectivity index (χ2n) is 18.1. The van der Waals surface area contributed by atoms with Crippen molar-refractivity contribution in [3.05, 3.63) is 277 Å². The van der Waals surface area contributed by atoms with E-state index in [1.807, 2.05) is 97.1 Å². The molecule has 12 rings (SSSR count). The van der Waals surface area contributed by atoms with Crippen LogP contribution in [0.15, 0.2) is 255 Å². The van der Waals surface area contributed by atoms with Crippen LogP contribution in [0.3, 0.4) is 0 Å². The lowest BCUT2D eigenvalue weighted by atomic mass is 9.84. The molecule has 0 unspecified atom stereocenters. The van der Waals surface area contributed by atoms with Crippen molar-refractivity contribution in [2.75, 3.05) is 0 Å². The SMILES string of the molecule is [C-]#[N+]c1c(-c2cccc(-c3cccc(-c4ccccc4)c3)c2)c(C#N)c(-c2cccc(-c3cccc(-c4ccccc4)c3)c2)c(C#N)c1-n1c2ccc(-c3ccccc3)cc2c2cc(-c3ccccc3)ccc21. The number of fused-ring (bicyclic) bond motifs is 3. The largest absolute Gasteiger partial charge is 0.318 e. The van der Waals surface area contributed by atoms with Gasteiger partial charge in [0, 0.05) is 21.9 Å². The van der Waals surface area contributed by atoms with Gasteiger partial charge < -0.3 is 4.57 Å². The van der Waals surface area contributed by atoms with Crippen molar-refractivity contribution < 1.29 is 0 Å². The van der Waals surface area contributed by atoms with Crippen molar-refractivity contribution in [2.24, 2.45) is 0 Å². The number of rotatable bonds is 9. The van der Waals surface area contributed by atoms with E-state index in [0.717, 1.165) is 88.6 Å². The first-order valence-corrected chi connectivity index (χ1v) is 24.2. The predicted octanol–water partition coefficient (Wildman–Crippen LogP) is 18.4. The van der Waals surface area contributed by atoms with Gasteiger partial charge in [0.05, 0.1) is 40.5 Å². The molecule has 0 amide bonds. The lowest BCUT2D eigenvalue weighted by Gasteiger charge is -2.22. The molecule has 0 radical (unpaired) electrons. The summed E-state index contributed by atoms with van der Waals surface area (Å²) in [5, 5.41) is 25.4. The normalized spacial score (nSPS) is 11.0. The predicted molar refractivity (Wildman–Crippen MR) is 300 cm³/mol. The van der Waals surface area contributed by atoms with Crippen molar-refractivity contribution in [3.8, 4) is 107 Å². The molecule has 0 saturated carbocycles. The van der Waals surface area contributed by atoms with Crippen molar-refractivity contribution in [1.82, 2.24) is 4.57 Å². The molecule has 73 heavy (non-hydrogen) atoms. The molecule has 0 aliphatic rings. The highest BCUT2D eigenvalue weighted by Gasteiger charge is 2.30. The molecule has 0 N–H and O–H groups in total. The van der Waals surface area contributed by atoms with Gasteiger partial charge in [-0.15, -0.1) is 0 Å². The zero-order chi connectivity index (χ0) is 49.3. The summed E-state index contributed by atoms with van der Waals surface area (Å²) in [4.78, 5) is 4.39. The topological polar surface area (TPSA) is 56.9 Å². The Kier molecular flexibility index (Phi) is 11.4. The van der Waals surface area contributed by atoms with E-state index in [-0.39, 0.29) is 16.8 Å². The monoisotopic (exact) mass is 926 g/mol. The van der Waals surface area contributed by atoms with Crippen LogP contribution in [0, 0.1) is 29.2 Å². The number of hydrogen-bond donors (Lipinski definition) is 0. The average Bonchev–Trinajstić information content (AvgIpc) is 3.79. The van der Waals surface area contributed by atoms with E-state index in [0.29, 0.717) is 27.9 Å². The Labute approximate surface area is 424 Å². The van der Waals surface area contributed by atoms with Crippen LogP contribution in [-0.2, 0) is 0 Å². The van der Waals surface area contributed by atoms with E-state index >= 15 is 0 Å². The molecule has 1 heterocycles. The average molecular weight is 927 g/mol. The summed E-state index contributed by atoms with van der Waals surface area (Å²) in [5.74, 6) is 0. The molecule has 11 aromatic carbocycles. The van der Waals surface area contributed by atoms with Crippen LogP contribution in [-0.4, -0.2) is 4.57 Å². The van der Waals surface area contributed by atoms with Crippen LogP contribution >= 0.6 is 0 Å². The zero-order valence-electron chi connectivity index (χ0n) is 39.5. The Balaban J connectivity index is 1.16. The van der Waals surface area contributed by atoms with E-state index in [2.05, 4.69) is 179 Å². The Morgan fingerprint density at radius 2 is 0.603 bits per heavy atom. The standard InChI is InChI=1S/C69H42N4/c1-72-68-67(59-33-17-31-55(41-59)53-29-15-27-51(39-53)47-20-8-3-9-21-47)62(44-70)66(58-32-16-30-54(40-58)52-28-14-26-50(38-52)46-18-6-2-7-19-46)63(45-71)69(68)73-64-36-34-56(48-22-10-4-11-23-48)42-60(64)61-43-57(35-37-65(61)73)49-24-12-5-13-25-49/h2-43H. The zero-order valence-corrected chi connectivity index (χ0v) is 39.5.